The van der Waals surface area contributed by atoms with Crippen molar-refractivity contribution in [1.82, 2.24) is 10.6 Å². The molecule has 0 amide bonds. The summed E-state index contributed by atoms with van der Waals surface area (Å²) in [5.74, 6) is 2.14. The molecule has 1 aliphatic carbocycles. The van der Waals surface area contributed by atoms with Crippen molar-refractivity contribution in [2.24, 2.45) is 5.92 Å². The average Bonchev–Trinajstić information content (AvgIpc) is 3.08. The number of benzene rings is 1. The highest BCUT2D eigenvalue weighted by atomic mass is 79.9. The molecule has 3 atom stereocenters. The molecule has 3 rings (SSSR count). The Hall–Kier alpha value is -0.530. The van der Waals surface area contributed by atoms with Gasteiger partial charge in [-0.05, 0) is 52.4 Å². The first kappa shape index (κ1) is 20.8. The summed E-state index contributed by atoms with van der Waals surface area (Å²) in [6.45, 7) is 3.47. The maximum atomic E-state index is 5.65. The number of ether oxygens (including phenoxy) is 3. The third kappa shape index (κ3) is 5.01. The molecule has 2 aliphatic rings. The Morgan fingerprint density at radius 3 is 2.80 bits per heavy atom. The van der Waals surface area contributed by atoms with Crippen LogP contribution >= 0.6 is 28.3 Å². The molecule has 5 nitrogen and oxygen atoms in total. The topological polar surface area (TPSA) is 51.8 Å². The van der Waals surface area contributed by atoms with Crippen LogP contribution < -0.4 is 20.1 Å². The highest BCUT2D eigenvalue weighted by Crippen LogP contribution is 2.36. The first-order valence-corrected chi connectivity index (χ1v) is 9.47. The van der Waals surface area contributed by atoms with Crippen molar-refractivity contribution in [2.75, 3.05) is 34.0 Å². The molecule has 2 fully saturated rings. The second kappa shape index (κ2) is 9.97. The zero-order chi connectivity index (χ0) is 16.9. The third-order valence-corrected chi connectivity index (χ3v) is 5.69. The predicted molar refractivity (Wildman–Crippen MR) is 105 cm³/mol. The van der Waals surface area contributed by atoms with E-state index in [1.807, 2.05) is 6.07 Å². The lowest BCUT2D eigenvalue weighted by Crippen LogP contribution is -2.50. The highest BCUT2D eigenvalue weighted by molar-refractivity contribution is 9.10. The van der Waals surface area contributed by atoms with E-state index in [0.29, 0.717) is 18.0 Å². The first-order chi connectivity index (χ1) is 11.7. The highest BCUT2D eigenvalue weighted by Gasteiger charge is 2.34. The Kier molecular flexibility index (Phi) is 8.29. The van der Waals surface area contributed by atoms with Crippen LogP contribution in [0.4, 0.5) is 0 Å². The number of hydrogen-bond donors (Lipinski definition) is 2. The van der Waals surface area contributed by atoms with Gasteiger partial charge in [0, 0.05) is 25.2 Å². The summed E-state index contributed by atoms with van der Waals surface area (Å²) in [7, 11) is 3.33. The lowest BCUT2D eigenvalue weighted by molar-refractivity contribution is 0.0524. The van der Waals surface area contributed by atoms with Gasteiger partial charge in [0.15, 0.2) is 11.5 Å². The molecule has 0 spiro atoms. The molecule has 0 bridgehead atoms. The van der Waals surface area contributed by atoms with Gasteiger partial charge >= 0.3 is 0 Å². The van der Waals surface area contributed by atoms with E-state index in [9.17, 15) is 0 Å². The van der Waals surface area contributed by atoms with E-state index < -0.39 is 0 Å². The maximum absolute atomic E-state index is 5.65. The van der Waals surface area contributed by atoms with Crippen molar-refractivity contribution < 1.29 is 14.2 Å². The van der Waals surface area contributed by atoms with Crippen LogP contribution in [0.15, 0.2) is 16.6 Å². The molecule has 1 aromatic rings. The first-order valence-electron chi connectivity index (χ1n) is 8.68. The van der Waals surface area contributed by atoms with Gasteiger partial charge < -0.3 is 24.8 Å². The van der Waals surface area contributed by atoms with Gasteiger partial charge in [0.25, 0.3) is 0 Å². The zero-order valence-electron chi connectivity index (χ0n) is 14.8. The summed E-state index contributed by atoms with van der Waals surface area (Å²) in [6, 6.07) is 5.16. The third-order valence-electron chi connectivity index (χ3n) is 5.10. The van der Waals surface area contributed by atoms with E-state index >= 15 is 0 Å². The summed E-state index contributed by atoms with van der Waals surface area (Å²) < 4.78 is 17.4. The van der Waals surface area contributed by atoms with Gasteiger partial charge in [-0.15, -0.1) is 12.4 Å². The van der Waals surface area contributed by atoms with Gasteiger partial charge in [-0.1, -0.05) is 6.42 Å². The molecule has 2 N–H and O–H groups in total. The largest absolute Gasteiger partial charge is 0.493 e. The van der Waals surface area contributed by atoms with Crippen molar-refractivity contribution in [3.05, 3.63) is 22.2 Å². The summed E-state index contributed by atoms with van der Waals surface area (Å²) in [6.07, 6.45) is 3.79. The van der Waals surface area contributed by atoms with Crippen molar-refractivity contribution in [3.63, 3.8) is 0 Å². The molecule has 1 aliphatic heterocycles. The molecule has 1 saturated carbocycles. The van der Waals surface area contributed by atoms with Crippen molar-refractivity contribution in [1.29, 1.82) is 0 Å². The van der Waals surface area contributed by atoms with Crippen molar-refractivity contribution >= 4 is 28.3 Å². The van der Waals surface area contributed by atoms with Crippen molar-refractivity contribution in [2.45, 2.75) is 37.9 Å². The van der Waals surface area contributed by atoms with Gasteiger partial charge in [-0.25, -0.2) is 0 Å². The minimum absolute atomic E-state index is 0. The molecular formula is C18H28BrClN2O3. The lowest BCUT2D eigenvalue weighted by Gasteiger charge is -2.33. The minimum atomic E-state index is 0. The van der Waals surface area contributed by atoms with Crippen LogP contribution in [0.1, 0.15) is 24.8 Å². The average molecular weight is 436 g/mol. The van der Waals surface area contributed by atoms with Crippen LogP contribution in [0.2, 0.25) is 0 Å². The summed E-state index contributed by atoms with van der Waals surface area (Å²) in [4.78, 5) is 0. The Bertz CT molecular complexity index is 555. The van der Waals surface area contributed by atoms with Gasteiger partial charge in [0.2, 0.25) is 0 Å². The number of morpholine rings is 1. The van der Waals surface area contributed by atoms with Gasteiger partial charge in [0.05, 0.1) is 31.9 Å². The Morgan fingerprint density at radius 1 is 1.28 bits per heavy atom. The predicted octanol–water partition coefficient (Wildman–Crippen LogP) is 3.13. The standard InChI is InChI=1S/C18H27BrN2O3.ClH/c1-22-17-9-12(8-14(19)18(17)23-2)10-21-15-5-3-4-13(15)16-11-24-7-6-20-16;/h8-9,13,15-16,20-21H,3-7,10-11H2,1-2H3;1H. The number of rotatable bonds is 6. The SMILES string of the molecule is COc1cc(CNC2CCCC2C2COCCN2)cc(Br)c1OC.Cl. The fourth-order valence-electron chi connectivity index (χ4n) is 3.91. The molecule has 1 aromatic carbocycles. The monoisotopic (exact) mass is 434 g/mol. The second-order valence-corrected chi connectivity index (χ2v) is 7.39. The quantitative estimate of drug-likeness (QED) is 0.719. The summed E-state index contributed by atoms with van der Waals surface area (Å²) in [5.41, 5.74) is 1.19. The molecule has 0 radical (unpaired) electrons. The van der Waals surface area contributed by atoms with Gasteiger partial charge in [0.1, 0.15) is 0 Å². The molecule has 142 valence electrons. The van der Waals surface area contributed by atoms with Gasteiger partial charge in [-0.2, -0.15) is 0 Å². The van der Waals surface area contributed by atoms with E-state index in [2.05, 4.69) is 32.6 Å². The summed E-state index contributed by atoms with van der Waals surface area (Å²) in [5, 5.41) is 7.37. The maximum Gasteiger partial charge on any atom is 0.174 e. The van der Waals surface area contributed by atoms with E-state index in [1.165, 1.54) is 24.8 Å². The van der Waals surface area contributed by atoms with E-state index in [-0.39, 0.29) is 12.4 Å². The van der Waals surface area contributed by atoms with E-state index in [0.717, 1.165) is 42.3 Å². The second-order valence-electron chi connectivity index (χ2n) is 6.53. The lowest BCUT2D eigenvalue weighted by atomic mass is 9.94. The Morgan fingerprint density at radius 2 is 2.12 bits per heavy atom. The van der Waals surface area contributed by atoms with Crippen LogP contribution in [-0.2, 0) is 11.3 Å². The van der Waals surface area contributed by atoms with Crippen LogP contribution in [0.3, 0.4) is 0 Å². The molecule has 1 heterocycles. The molecule has 3 unspecified atom stereocenters. The summed E-state index contributed by atoms with van der Waals surface area (Å²) >= 11 is 3.57. The van der Waals surface area contributed by atoms with Gasteiger partial charge in [-0.3, -0.25) is 0 Å². The number of halogens is 2. The fourth-order valence-corrected chi connectivity index (χ4v) is 4.56. The molecular weight excluding hydrogens is 408 g/mol. The number of hydrogen-bond acceptors (Lipinski definition) is 5. The van der Waals surface area contributed by atoms with Crippen LogP contribution in [0.25, 0.3) is 0 Å². The van der Waals surface area contributed by atoms with E-state index in [1.54, 1.807) is 14.2 Å². The van der Waals surface area contributed by atoms with Crippen LogP contribution in [-0.4, -0.2) is 46.1 Å². The number of nitrogens with one attached hydrogen (secondary N) is 2. The zero-order valence-corrected chi connectivity index (χ0v) is 17.2. The van der Waals surface area contributed by atoms with Crippen LogP contribution in [0.5, 0.6) is 11.5 Å². The Balaban J connectivity index is 0.00000225. The molecule has 0 aromatic heterocycles. The Labute approximate surface area is 164 Å². The minimum Gasteiger partial charge on any atom is -0.493 e. The normalized spacial score (nSPS) is 26.1. The smallest absolute Gasteiger partial charge is 0.174 e. The molecule has 25 heavy (non-hydrogen) atoms. The molecule has 7 heteroatoms. The van der Waals surface area contributed by atoms with Crippen LogP contribution in [0, 0.1) is 5.92 Å². The van der Waals surface area contributed by atoms with E-state index in [4.69, 9.17) is 14.2 Å². The fraction of sp³-hybridized carbons (Fsp3) is 0.667. The van der Waals surface area contributed by atoms with Crippen molar-refractivity contribution in [3.8, 4) is 11.5 Å². The number of methoxy groups -OCH3 is 2. The molecule has 1 saturated heterocycles.